The molecule has 0 bridgehead atoms. The number of halogens is 1. The molecule has 0 atom stereocenters. The molecule has 0 amide bonds. The van der Waals surface area contributed by atoms with Crippen molar-refractivity contribution in [1.29, 1.82) is 0 Å². The molecule has 0 aliphatic rings. The molecule has 0 unspecified atom stereocenters. The number of aromatic carboxylic acids is 1. The second-order valence-electron chi connectivity index (χ2n) is 4.59. The summed E-state index contributed by atoms with van der Waals surface area (Å²) in [7, 11) is 1.61. The first-order valence-electron chi connectivity index (χ1n) is 6.13. The van der Waals surface area contributed by atoms with Crippen molar-refractivity contribution < 1.29 is 14.6 Å². The number of rotatable bonds is 3. The Morgan fingerprint density at radius 2 is 1.90 bits per heavy atom. The molecule has 0 aliphatic heterocycles. The van der Waals surface area contributed by atoms with E-state index in [9.17, 15) is 4.79 Å². The van der Waals surface area contributed by atoms with Crippen LogP contribution in [0.2, 0.25) is 5.02 Å². The van der Waals surface area contributed by atoms with Crippen molar-refractivity contribution in [3.8, 4) is 16.9 Å². The molecule has 2 aromatic carbocycles. The summed E-state index contributed by atoms with van der Waals surface area (Å²) in [5.74, 6) is -0.289. The first-order chi connectivity index (χ1) is 9.45. The van der Waals surface area contributed by atoms with E-state index in [0.717, 1.165) is 28.0 Å². The number of methoxy groups -OCH3 is 1. The molecule has 0 radical (unpaired) electrons. The Bertz CT molecular complexity index is 678. The summed E-state index contributed by atoms with van der Waals surface area (Å²) in [4.78, 5) is 11.2. The number of carbonyl (C=O) groups is 1. The van der Waals surface area contributed by atoms with Gasteiger partial charge in [0.05, 0.1) is 17.7 Å². The van der Waals surface area contributed by atoms with Crippen molar-refractivity contribution >= 4 is 17.6 Å². The van der Waals surface area contributed by atoms with Crippen molar-refractivity contribution in [3.05, 3.63) is 52.0 Å². The number of benzene rings is 2. The van der Waals surface area contributed by atoms with Gasteiger partial charge in [-0.3, -0.25) is 0 Å². The molecule has 104 valence electrons. The SMILES string of the molecule is COc1c(-c2ccc(Cl)c(C(=O)O)c2)ccc(C)c1C. The van der Waals surface area contributed by atoms with Crippen LogP contribution < -0.4 is 4.74 Å². The van der Waals surface area contributed by atoms with Gasteiger partial charge >= 0.3 is 5.97 Å². The summed E-state index contributed by atoms with van der Waals surface area (Å²) in [5, 5.41) is 9.37. The van der Waals surface area contributed by atoms with E-state index in [1.807, 2.05) is 26.0 Å². The van der Waals surface area contributed by atoms with Crippen molar-refractivity contribution in [2.75, 3.05) is 7.11 Å². The topological polar surface area (TPSA) is 46.5 Å². The molecule has 0 heterocycles. The Kier molecular flexibility index (Phi) is 4.00. The highest BCUT2D eigenvalue weighted by molar-refractivity contribution is 6.33. The molecule has 4 heteroatoms. The summed E-state index contributed by atoms with van der Waals surface area (Å²) in [6.07, 6.45) is 0. The molecule has 0 aromatic heterocycles. The van der Waals surface area contributed by atoms with Gasteiger partial charge in [0.1, 0.15) is 5.75 Å². The van der Waals surface area contributed by atoms with Gasteiger partial charge in [0.25, 0.3) is 0 Å². The zero-order valence-corrected chi connectivity index (χ0v) is 12.3. The number of ether oxygens (including phenoxy) is 1. The quantitative estimate of drug-likeness (QED) is 0.915. The molecule has 0 saturated carbocycles. The van der Waals surface area contributed by atoms with Crippen LogP contribution in [0.1, 0.15) is 21.5 Å². The van der Waals surface area contributed by atoms with Crippen LogP contribution >= 0.6 is 11.6 Å². The maximum atomic E-state index is 11.2. The average molecular weight is 291 g/mol. The Morgan fingerprint density at radius 3 is 2.50 bits per heavy atom. The lowest BCUT2D eigenvalue weighted by Crippen LogP contribution is -1.99. The second kappa shape index (κ2) is 5.55. The van der Waals surface area contributed by atoms with Gasteiger partial charge in [0, 0.05) is 5.56 Å². The minimum atomic E-state index is -1.04. The fourth-order valence-electron chi connectivity index (χ4n) is 2.14. The molecular formula is C16H15ClO3. The van der Waals surface area contributed by atoms with Gasteiger partial charge in [-0.2, -0.15) is 0 Å². The largest absolute Gasteiger partial charge is 0.496 e. The summed E-state index contributed by atoms with van der Waals surface area (Å²) in [6.45, 7) is 3.98. The van der Waals surface area contributed by atoms with Crippen molar-refractivity contribution in [2.45, 2.75) is 13.8 Å². The lowest BCUT2D eigenvalue weighted by molar-refractivity contribution is 0.0697. The van der Waals surface area contributed by atoms with Crippen LogP contribution in [0.15, 0.2) is 30.3 Å². The molecule has 0 saturated heterocycles. The van der Waals surface area contributed by atoms with Gasteiger partial charge in [-0.15, -0.1) is 0 Å². The molecule has 1 N–H and O–H groups in total. The molecule has 2 rings (SSSR count). The summed E-state index contributed by atoms with van der Waals surface area (Å²) < 4.78 is 5.46. The highest BCUT2D eigenvalue weighted by Crippen LogP contribution is 2.35. The Labute approximate surface area is 122 Å². The van der Waals surface area contributed by atoms with E-state index in [1.165, 1.54) is 0 Å². The predicted molar refractivity (Wildman–Crippen MR) is 79.9 cm³/mol. The van der Waals surface area contributed by atoms with E-state index in [-0.39, 0.29) is 10.6 Å². The molecule has 0 spiro atoms. The molecule has 0 aliphatic carbocycles. The maximum absolute atomic E-state index is 11.2. The molecule has 0 fully saturated rings. The normalized spacial score (nSPS) is 10.4. The molecule has 2 aromatic rings. The Morgan fingerprint density at radius 1 is 1.20 bits per heavy atom. The average Bonchev–Trinajstić information content (AvgIpc) is 2.42. The predicted octanol–water partition coefficient (Wildman–Crippen LogP) is 4.33. The lowest BCUT2D eigenvalue weighted by atomic mass is 9.97. The van der Waals surface area contributed by atoms with Gasteiger partial charge < -0.3 is 9.84 Å². The van der Waals surface area contributed by atoms with Crippen LogP contribution in [0.3, 0.4) is 0 Å². The number of hydrogen-bond acceptors (Lipinski definition) is 2. The van der Waals surface area contributed by atoms with E-state index in [1.54, 1.807) is 25.3 Å². The minimum absolute atomic E-state index is 0.0875. The van der Waals surface area contributed by atoms with Crippen molar-refractivity contribution in [1.82, 2.24) is 0 Å². The van der Waals surface area contributed by atoms with Crippen LogP contribution in [0, 0.1) is 13.8 Å². The third-order valence-electron chi connectivity index (χ3n) is 3.39. The van der Waals surface area contributed by atoms with E-state index in [4.69, 9.17) is 21.4 Å². The fourth-order valence-corrected chi connectivity index (χ4v) is 2.34. The van der Waals surface area contributed by atoms with E-state index >= 15 is 0 Å². The van der Waals surface area contributed by atoms with Gasteiger partial charge in [-0.1, -0.05) is 29.8 Å². The van der Waals surface area contributed by atoms with Crippen molar-refractivity contribution in [3.63, 3.8) is 0 Å². The second-order valence-corrected chi connectivity index (χ2v) is 5.00. The third kappa shape index (κ3) is 2.49. The van der Waals surface area contributed by atoms with E-state index in [2.05, 4.69) is 0 Å². The summed E-state index contributed by atoms with van der Waals surface area (Å²) in [6, 6.07) is 8.87. The highest BCUT2D eigenvalue weighted by Gasteiger charge is 2.14. The Hall–Kier alpha value is -2.00. The summed E-state index contributed by atoms with van der Waals surface area (Å²) >= 11 is 5.90. The number of hydrogen-bond donors (Lipinski definition) is 1. The number of carboxylic acids is 1. The number of carboxylic acid groups (broad SMARTS) is 1. The maximum Gasteiger partial charge on any atom is 0.337 e. The Balaban J connectivity index is 2.66. The molecular weight excluding hydrogens is 276 g/mol. The third-order valence-corrected chi connectivity index (χ3v) is 3.72. The van der Waals surface area contributed by atoms with Gasteiger partial charge in [0.2, 0.25) is 0 Å². The fraction of sp³-hybridized carbons (Fsp3) is 0.188. The van der Waals surface area contributed by atoms with Crippen LogP contribution in [0.25, 0.3) is 11.1 Å². The first kappa shape index (κ1) is 14.4. The number of aryl methyl sites for hydroxylation is 1. The van der Waals surface area contributed by atoms with Crippen LogP contribution in [0.5, 0.6) is 5.75 Å². The first-order valence-corrected chi connectivity index (χ1v) is 6.51. The highest BCUT2D eigenvalue weighted by atomic mass is 35.5. The zero-order valence-electron chi connectivity index (χ0n) is 11.5. The van der Waals surface area contributed by atoms with Crippen LogP contribution in [-0.2, 0) is 0 Å². The van der Waals surface area contributed by atoms with Crippen LogP contribution in [-0.4, -0.2) is 18.2 Å². The zero-order chi connectivity index (χ0) is 14.9. The lowest BCUT2D eigenvalue weighted by Gasteiger charge is -2.14. The molecule has 3 nitrogen and oxygen atoms in total. The van der Waals surface area contributed by atoms with E-state index < -0.39 is 5.97 Å². The van der Waals surface area contributed by atoms with Gasteiger partial charge in [-0.25, -0.2) is 4.79 Å². The summed E-state index contributed by atoms with van der Waals surface area (Å²) in [5.41, 5.74) is 3.88. The van der Waals surface area contributed by atoms with Crippen LogP contribution in [0.4, 0.5) is 0 Å². The standard InChI is InChI=1S/C16H15ClO3/c1-9-4-6-12(15(20-3)10(9)2)11-5-7-14(17)13(8-11)16(18)19/h4-8H,1-3H3,(H,18,19). The van der Waals surface area contributed by atoms with Gasteiger partial charge in [0.15, 0.2) is 0 Å². The van der Waals surface area contributed by atoms with Gasteiger partial charge in [-0.05, 0) is 42.7 Å². The smallest absolute Gasteiger partial charge is 0.337 e. The van der Waals surface area contributed by atoms with E-state index in [0.29, 0.717) is 0 Å². The van der Waals surface area contributed by atoms with Crippen molar-refractivity contribution in [2.24, 2.45) is 0 Å². The monoisotopic (exact) mass is 290 g/mol. The molecule has 20 heavy (non-hydrogen) atoms. The minimum Gasteiger partial charge on any atom is -0.496 e.